The van der Waals surface area contributed by atoms with Crippen molar-refractivity contribution >= 4 is 40.7 Å². The molecule has 4 heterocycles. The summed E-state index contributed by atoms with van der Waals surface area (Å²) in [5, 5.41) is 12.0. The van der Waals surface area contributed by atoms with Crippen molar-refractivity contribution in [3.8, 4) is 16.9 Å². The number of fused-ring (bicyclic) bond motifs is 1. The predicted molar refractivity (Wildman–Crippen MR) is 155 cm³/mol. The van der Waals surface area contributed by atoms with E-state index in [4.69, 9.17) is 9.52 Å². The van der Waals surface area contributed by atoms with Crippen LogP contribution in [-0.4, -0.2) is 33.9 Å². The van der Waals surface area contributed by atoms with Gasteiger partial charge in [0, 0.05) is 11.1 Å². The minimum Gasteiger partial charge on any atom is -0.467 e. The Bertz CT molecular complexity index is 1580. The van der Waals surface area contributed by atoms with E-state index in [2.05, 4.69) is 22.1 Å². The Kier molecular flexibility index (Phi) is 7.08. The number of aryl methyl sites for hydroxylation is 1. The lowest BCUT2D eigenvalue weighted by molar-refractivity contribution is -0.123. The van der Waals surface area contributed by atoms with Crippen LogP contribution in [0.3, 0.4) is 0 Å². The summed E-state index contributed by atoms with van der Waals surface area (Å²) in [6, 6.07) is 23.7. The van der Waals surface area contributed by atoms with E-state index in [9.17, 15) is 9.59 Å². The number of nitrogens with one attached hydrogen (secondary N) is 1. The Hall–Kier alpha value is -4.08. The van der Waals surface area contributed by atoms with Crippen molar-refractivity contribution in [2.24, 2.45) is 0 Å². The second-order valence-electron chi connectivity index (χ2n) is 9.28. The highest BCUT2D eigenvalue weighted by Crippen LogP contribution is 2.48. The number of thioether (sulfide) groups is 1. The molecule has 1 N–H and O–H groups in total. The first-order valence-corrected chi connectivity index (χ1v) is 14.6. The molecule has 0 aliphatic carbocycles. The molecule has 196 valence electrons. The number of furan rings is 1. The van der Waals surface area contributed by atoms with Crippen LogP contribution in [0.15, 0.2) is 94.2 Å². The van der Waals surface area contributed by atoms with Crippen molar-refractivity contribution < 1.29 is 14.0 Å². The van der Waals surface area contributed by atoms with Gasteiger partial charge in [-0.25, -0.2) is 4.68 Å². The molecule has 1 unspecified atom stereocenters. The van der Waals surface area contributed by atoms with E-state index >= 15 is 0 Å². The molecule has 2 aromatic carbocycles. The number of hydrogen-bond donors (Lipinski definition) is 1. The number of thiophene rings is 1. The minimum atomic E-state index is -0.275. The van der Waals surface area contributed by atoms with Crippen molar-refractivity contribution in [2.45, 2.75) is 18.7 Å². The SMILES string of the molecule is Cc1ccc(-n2nc(-c3ccccc3)c3c2N(CC(=O)NCc2ccco2)C(=O)CSC3c2ccsc2)cc1. The Morgan fingerprint density at radius 1 is 1.08 bits per heavy atom. The number of nitrogens with zero attached hydrogens (tertiary/aromatic N) is 3. The number of anilines is 1. The van der Waals surface area contributed by atoms with Crippen LogP contribution in [0.5, 0.6) is 0 Å². The van der Waals surface area contributed by atoms with Crippen LogP contribution in [0.2, 0.25) is 0 Å². The summed E-state index contributed by atoms with van der Waals surface area (Å²) in [5.41, 5.74) is 5.74. The quantitative estimate of drug-likeness (QED) is 0.267. The fraction of sp³-hybridized carbons (Fsp3) is 0.167. The van der Waals surface area contributed by atoms with E-state index in [-0.39, 0.29) is 35.9 Å². The standard InChI is InChI=1S/C30H26N4O3S2/c1-20-9-11-23(12-10-20)34-30-27(28(32-34)21-6-3-2-4-7-21)29(22-13-15-38-18-22)39-19-26(36)33(30)17-25(35)31-16-24-8-5-14-37-24/h2-15,18,29H,16-17,19H2,1H3,(H,31,35). The van der Waals surface area contributed by atoms with Gasteiger partial charge in [-0.2, -0.15) is 16.4 Å². The van der Waals surface area contributed by atoms with Gasteiger partial charge in [0.2, 0.25) is 11.8 Å². The Labute approximate surface area is 234 Å². The van der Waals surface area contributed by atoms with E-state index in [1.807, 2.05) is 66.2 Å². The molecule has 0 saturated heterocycles. The maximum Gasteiger partial charge on any atom is 0.240 e. The van der Waals surface area contributed by atoms with Crippen LogP contribution < -0.4 is 10.2 Å². The Balaban J connectivity index is 1.51. The van der Waals surface area contributed by atoms with Gasteiger partial charge in [-0.05, 0) is 53.6 Å². The summed E-state index contributed by atoms with van der Waals surface area (Å²) in [5.74, 6) is 1.10. The molecular weight excluding hydrogens is 528 g/mol. The number of carbonyl (C=O) groups excluding carboxylic acids is 2. The van der Waals surface area contributed by atoms with Crippen LogP contribution in [0, 0.1) is 6.92 Å². The van der Waals surface area contributed by atoms with Crippen LogP contribution in [-0.2, 0) is 16.1 Å². The second kappa shape index (κ2) is 11.0. The fourth-order valence-electron chi connectivity index (χ4n) is 4.68. The predicted octanol–water partition coefficient (Wildman–Crippen LogP) is 5.99. The van der Waals surface area contributed by atoms with Gasteiger partial charge in [-0.15, -0.1) is 11.8 Å². The van der Waals surface area contributed by atoms with E-state index in [1.165, 1.54) is 0 Å². The number of aromatic nitrogens is 2. The molecule has 0 radical (unpaired) electrons. The van der Waals surface area contributed by atoms with Gasteiger partial charge in [-0.1, -0.05) is 48.0 Å². The maximum atomic E-state index is 13.7. The second-order valence-corrected chi connectivity index (χ2v) is 11.2. The fourth-order valence-corrected chi connectivity index (χ4v) is 6.64. The molecule has 1 aliphatic heterocycles. The van der Waals surface area contributed by atoms with Crippen LogP contribution in [0.1, 0.15) is 27.7 Å². The molecule has 2 amide bonds. The summed E-state index contributed by atoms with van der Waals surface area (Å²) in [6.45, 7) is 2.15. The van der Waals surface area contributed by atoms with Crippen molar-refractivity contribution in [2.75, 3.05) is 17.2 Å². The van der Waals surface area contributed by atoms with Gasteiger partial charge in [0.15, 0.2) is 0 Å². The smallest absolute Gasteiger partial charge is 0.240 e. The summed E-state index contributed by atoms with van der Waals surface area (Å²) >= 11 is 3.20. The molecule has 0 spiro atoms. The topological polar surface area (TPSA) is 80.4 Å². The van der Waals surface area contributed by atoms with Gasteiger partial charge < -0.3 is 9.73 Å². The molecule has 9 heteroatoms. The van der Waals surface area contributed by atoms with Gasteiger partial charge in [0.05, 0.1) is 35.2 Å². The summed E-state index contributed by atoms with van der Waals surface area (Å²) < 4.78 is 7.17. The third-order valence-corrected chi connectivity index (χ3v) is 8.56. The lowest BCUT2D eigenvalue weighted by Crippen LogP contribution is -2.42. The highest BCUT2D eigenvalue weighted by atomic mass is 32.2. The first-order valence-electron chi connectivity index (χ1n) is 12.6. The Morgan fingerprint density at radius 2 is 1.90 bits per heavy atom. The van der Waals surface area contributed by atoms with E-state index in [0.29, 0.717) is 11.6 Å². The van der Waals surface area contributed by atoms with Crippen LogP contribution in [0.4, 0.5) is 5.82 Å². The van der Waals surface area contributed by atoms with Crippen molar-refractivity contribution in [3.05, 3.63) is 112 Å². The van der Waals surface area contributed by atoms with Crippen LogP contribution >= 0.6 is 23.1 Å². The number of hydrogen-bond acceptors (Lipinski definition) is 6. The van der Waals surface area contributed by atoms with Gasteiger partial charge >= 0.3 is 0 Å². The zero-order valence-electron chi connectivity index (χ0n) is 21.2. The molecule has 7 nitrogen and oxygen atoms in total. The first kappa shape index (κ1) is 25.2. The lowest BCUT2D eigenvalue weighted by Gasteiger charge is -2.23. The van der Waals surface area contributed by atoms with Crippen molar-refractivity contribution in [1.82, 2.24) is 15.1 Å². The number of amides is 2. The zero-order chi connectivity index (χ0) is 26.8. The third-order valence-electron chi connectivity index (χ3n) is 6.60. The van der Waals surface area contributed by atoms with Gasteiger partial charge in [0.25, 0.3) is 0 Å². The average molecular weight is 555 g/mol. The molecule has 5 aromatic rings. The highest BCUT2D eigenvalue weighted by Gasteiger charge is 2.37. The maximum absolute atomic E-state index is 13.7. The van der Waals surface area contributed by atoms with Gasteiger partial charge in [-0.3, -0.25) is 14.5 Å². The molecule has 1 atom stereocenters. The molecule has 0 fully saturated rings. The Morgan fingerprint density at radius 3 is 2.62 bits per heavy atom. The molecule has 39 heavy (non-hydrogen) atoms. The van der Waals surface area contributed by atoms with Crippen molar-refractivity contribution in [3.63, 3.8) is 0 Å². The summed E-state index contributed by atoms with van der Waals surface area (Å²) in [4.78, 5) is 28.5. The largest absolute Gasteiger partial charge is 0.467 e. The minimum absolute atomic E-state index is 0.124. The molecule has 1 aliphatic rings. The first-order chi connectivity index (χ1) is 19.1. The highest BCUT2D eigenvalue weighted by molar-refractivity contribution is 8.00. The van der Waals surface area contributed by atoms with Crippen molar-refractivity contribution in [1.29, 1.82) is 0 Å². The van der Waals surface area contributed by atoms with Crippen LogP contribution in [0.25, 0.3) is 16.9 Å². The molecule has 0 saturated carbocycles. The molecule has 0 bridgehead atoms. The average Bonchev–Trinajstić information content (AvgIpc) is 3.73. The lowest BCUT2D eigenvalue weighted by atomic mass is 10.0. The normalized spacial score (nSPS) is 15.2. The van der Waals surface area contributed by atoms with Gasteiger partial charge in [0.1, 0.15) is 18.1 Å². The monoisotopic (exact) mass is 554 g/mol. The number of benzene rings is 2. The van der Waals surface area contributed by atoms with E-state index in [1.54, 1.807) is 46.4 Å². The third kappa shape index (κ3) is 5.15. The summed E-state index contributed by atoms with van der Waals surface area (Å²) in [7, 11) is 0. The van der Waals surface area contributed by atoms with E-state index in [0.717, 1.165) is 33.6 Å². The molecular formula is C30H26N4O3S2. The summed E-state index contributed by atoms with van der Waals surface area (Å²) in [6.07, 6.45) is 1.57. The van der Waals surface area contributed by atoms with E-state index < -0.39 is 0 Å². The number of rotatable bonds is 7. The zero-order valence-corrected chi connectivity index (χ0v) is 22.9. The molecule has 3 aromatic heterocycles. The number of carbonyl (C=O) groups is 2. The molecule has 6 rings (SSSR count).